The molecule has 0 aromatic heterocycles. The van der Waals surface area contributed by atoms with Crippen LogP contribution in [-0.4, -0.2) is 7.11 Å². The van der Waals surface area contributed by atoms with Crippen molar-refractivity contribution in [3.05, 3.63) is 65.0 Å². The molecule has 0 amide bonds. The Bertz CT molecular complexity index is 568. The molecule has 2 rings (SSSR count). The summed E-state index contributed by atoms with van der Waals surface area (Å²) in [6.45, 7) is 2.11. The highest BCUT2D eigenvalue weighted by Crippen LogP contribution is 2.38. The average Bonchev–Trinajstić information content (AvgIpc) is 2.46. The molecule has 0 aliphatic rings. The Kier molecular flexibility index (Phi) is 4.59. The summed E-state index contributed by atoms with van der Waals surface area (Å²) in [5, 5.41) is 0. The van der Waals surface area contributed by atoms with Crippen LogP contribution in [0.2, 0.25) is 0 Å². The Morgan fingerprint density at radius 2 is 1.89 bits per heavy atom. The smallest absolute Gasteiger partial charge is 0.123 e. The fraction of sp³-hybridized carbons (Fsp3) is 0.250. The van der Waals surface area contributed by atoms with Gasteiger partial charge in [0.1, 0.15) is 11.6 Å². The summed E-state index contributed by atoms with van der Waals surface area (Å²) < 4.78 is 18.8. The van der Waals surface area contributed by atoms with Crippen molar-refractivity contribution in [1.29, 1.82) is 0 Å². The van der Waals surface area contributed by atoms with Gasteiger partial charge in [-0.05, 0) is 35.7 Å². The first-order chi connectivity index (χ1) is 9.17. The van der Waals surface area contributed by atoms with Gasteiger partial charge in [0, 0.05) is 5.56 Å². The molecule has 0 bridgehead atoms. The summed E-state index contributed by atoms with van der Waals surface area (Å²) in [6.07, 6.45) is 0.940. The monoisotopic (exact) mass is 322 g/mol. The third-order valence-electron chi connectivity index (χ3n) is 3.17. The lowest BCUT2D eigenvalue weighted by Crippen LogP contribution is -2.01. The van der Waals surface area contributed by atoms with E-state index < -0.39 is 0 Å². The molecule has 19 heavy (non-hydrogen) atoms. The van der Waals surface area contributed by atoms with Crippen molar-refractivity contribution in [1.82, 2.24) is 0 Å². The predicted octanol–water partition coefficient (Wildman–Crippen LogP) is 4.88. The molecule has 2 aromatic carbocycles. The van der Waals surface area contributed by atoms with E-state index in [1.165, 1.54) is 17.7 Å². The van der Waals surface area contributed by atoms with E-state index in [0.717, 1.165) is 17.5 Å². The van der Waals surface area contributed by atoms with Crippen LogP contribution in [0, 0.1) is 5.82 Å². The second-order valence-electron chi connectivity index (χ2n) is 4.30. The Hall–Kier alpha value is -1.35. The molecule has 0 saturated heterocycles. The molecule has 0 fully saturated rings. The zero-order valence-electron chi connectivity index (χ0n) is 11.0. The van der Waals surface area contributed by atoms with Crippen molar-refractivity contribution in [3.8, 4) is 5.75 Å². The van der Waals surface area contributed by atoms with Gasteiger partial charge in [-0.15, -0.1) is 0 Å². The van der Waals surface area contributed by atoms with Crippen LogP contribution in [-0.2, 0) is 6.42 Å². The van der Waals surface area contributed by atoms with E-state index in [9.17, 15) is 4.39 Å². The maximum absolute atomic E-state index is 13.5. The molecule has 3 heteroatoms. The van der Waals surface area contributed by atoms with Crippen LogP contribution < -0.4 is 4.74 Å². The number of hydrogen-bond acceptors (Lipinski definition) is 1. The zero-order chi connectivity index (χ0) is 13.8. The molecule has 0 radical (unpaired) electrons. The minimum Gasteiger partial charge on any atom is -0.496 e. The van der Waals surface area contributed by atoms with Gasteiger partial charge < -0.3 is 4.74 Å². The molecule has 0 aliphatic heterocycles. The number of aryl methyl sites for hydroxylation is 1. The maximum Gasteiger partial charge on any atom is 0.123 e. The van der Waals surface area contributed by atoms with E-state index >= 15 is 0 Å². The second kappa shape index (κ2) is 6.20. The fourth-order valence-corrected chi connectivity index (χ4v) is 2.98. The molecule has 0 spiro atoms. The third-order valence-corrected chi connectivity index (χ3v) is 4.16. The standard InChI is InChI=1S/C16H16BrFO/c1-3-11-6-4-5-7-13(11)16(17)14-10-12(18)8-9-15(14)19-2/h4-10,16H,3H2,1-2H3. The number of ether oxygens (including phenoxy) is 1. The molecule has 0 N–H and O–H groups in total. The number of hydrogen-bond donors (Lipinski definition) is 0. The Labute approximate surface area is 121 Å². The molecule has 100 valence electrons. The van der Waals surface area contributed by atoms with Gasteiger partial charge in [0.2, 0.25) is 0 Å². The number of halogens is 2. The number of benzene rings is 2. The average molecular weight is 323 g/mol. The van der Waals surface area contributed by atoms with E-state index in [2.05, 4.69) is 35.0 Å². The van der Waals surface area contributed by atoms with Crippen molar-refractivity contribution in [2.45, 2.75) is 18.2 Å². The second-order valence-corrected chi connectivity index (χ2v) is 5.22. The topological polar surface area (TPSA) is 9.23 Å². The molecule has 1 unspecified atom stereocenters. The lowest BCUT2D eigenvalue weighted by atomic mass is 9.97. The highest BCUT2D eigenvalue weighted by atomic mass is 79.9. The van der Waals surface area contributed by atoms with Gasteiger partial charge in [-0.1, -0.05) is 47.1 Å². The van der Waals surface area contributed by atoms with Crippen LogP contribution in [0.15, 0.2) is 42.5 Å². The van der Waals surface area contributed by atoms with Gasteiger partial charge in [0.05, 0.1) is 11.9 Å². The molecular weight excluding hydrogens is 307 g/mol. The molecule has 1 atom stereocenters. The highest BCUT2D eigenvalue weighted by molar-refractivity contribution is 9.09. The zero-order valence-corrected chi connectivity index (χ0v) is 12.6. The minimum atomic E-state index is -0.255. The summed E-state index contributed by atoms with van der Waals surface area (Å²) in [4.78, 5) is -0.0747. The van der Waals surface area contributed by atoms with Gasteiger partial charge >= 0.3 is 0 Å². The lowest BCUT2D eigenvalue weighted by molar-refractivity contribution is 0.409. The molecular formula is C16H16BrFO. The Morgan fingerprint density at radius 3 is 2.58 bits per heavy atom. The van der Waals surface area contributed by atoms with Gasteiger partial charge in [-0.2, -0.15) is 0 Å². The summed E-state index contributed by atoms with van der Waals surface area (Å²) in [5.74, 6) is 0.434. The summed E-state index contributed by atoms with van der Waals surface area (Å²) in [5.41, 5.74) is 3.20. The molecule has 0 saturated carbocycles. The van der Waals surface area contributed by atoms with Crippen LogP contribution in [0.5, 0.6) is 5.75 Å². The molecule has 1 nitrogen and oxygen atoms in total. The maximum atomic E-state index is 13.5. The van der Waals surface area contributed by atoms with Gasteiger partial charge in [-0.3, -0.25) is 0 Å². The van der Waals surface area contributed by atoms with Crippen LogP contribution in [0.4, 0.5) is 4.39 Å². The Balaban J connectivity index is 2.49. The highest BCUT2D eigenvalue weighted by Gasteiger charge is 2.18. The molecule has 2 aromatic rings. The van der Waals surface area contributed by atoms with Crippen molar-refractivity contribution >= 4 is 15.9 Å². The third kappa shape index (κ3) is 2.98. The first-order valence-corrected chi connectivity index (χ1v) is 7.14. The first-order valence-electron chi connectivity index (χ1n) is 6.22. The van der Waals surface area contributed by atoms with Gasteiger partial charge in [-0.25, -0.2) is 4.39 Å². The largest absolute Gasteiger partial charge is 0.496 e. The summed E-state index contributed by atoms with van der Waals surface area (Å²) >= 11 is 3.66. The summed E-state index contributed by atoms with van der Waals surface area (Å²) in [6, 6.07) is 12.8. The van der Waals surface area contributed by atoms with Crippen molar-refractivity contribution in [2.24, 2.45) is 0 Å². The van der Waals surface area contributed by atoms with E-state index in [0.29, 0.717) is 5.75 Å². The Morgan fingerprint density at radius 1 is 1.16 bits per heavy atom. The normalized spacial score (nSPS) is 12.2. The van der Waals surface area contributed by atoms with Crippen LogP contribution in [0.1, 0.15) is 28.4 Å². The van der Waals surface area contributed by atoms with Crippen molar-refractivity contribution < 1.29 is 9.13 Å². The van der Waals surface area contributed by atoms with Gasteiger partial charge in [0.15, 0.2) is 0 Å². The predicted molar refractivity (Wildman–Crippen MR) is 79.5 cm³/mol. The SMILES string of the molecule is CCc1ccccc1C(Br)c1cc(F)ccc1OC. The minimum absolute atomic E-state index is 0.0747. The quantitative estimate of drug-likeness (QED) is 0.729. The lowest BCUT2D eigenvalue weighted by Gasteiger charge is -2.17. The number of rotatable bonds is 4. The summed E-state index contributed by atoms with van der Waals surface area (Å²) in [7, 11) is 1.60. The molecule has 0 aliphatic carbocycles. The first kappa shape index (κ1) is 14.1. The van der Waals surface area contributed by atoms with Crippen molar-refractivity contribution in [3.63, 3.8) is 0 Å². The van der Waals surface area contributed by atoms with Crippen LogP contribution in [0.3, 0.4) is 0 Å². The number of methoxy groups -OCH3 is 1. The van der Waals surface area contributed by atoms with E-state index in [1.807, 2.05) is 12.1 Å². The number of alkyl halides is 1. The molecule has 0 heterocycles. The van der Waals surface area contributed by atoms with E-state index in [4.69, 9.17) is 4.74 Å². The van der Waals surface area contributed by atoms with Gasteiger partial charge in [0.25, 0.3) is 0 Å². The van der Waals surface area contributed by atoms with E-state index in [1.54, 1.807) is 13.2 Å². The van der Waals surface area contributed by atoms with E-state index in [-0.39, 0.29) is 10.6 Å². The fourth-order valence-electron chi connectivity index (χ4n) is 2.17. The van der Waals surface area contributed by atoms with Crippen molar-refractivity contribution in [2.75, 3.05) is 7.11 Å². The van der Waals surface area contributed by atoms with Crippen LogP contribution in [0.25, 0.3) is 0 Å². The van der Waals surface area contributed by atoms with Crippen LogP contribution >= 0.6 is 15.9 Å².